The highest BCUT2D eigenvalue weighted by Crippen LogP contribution is 2.60. The molecule has 29 heavy (non-hydrogen) atoms. The fourth-order valence-corrected chi connectivity index (χ4v) is 5.45. The highest BCUT2D eigenvalue weighted by molar-refractivity contribution is 7.84. The molecule has 162 valence electrons. The maximum atomic E-state index is 15.1. The Balaban J connectivity index is 2.14. The Morgan fingerprint density at radius 2 is 1.83 bits per heavy atom. The van der Waals surface area contributed by atoms with E-state index in [0.717, 1.165) is 18.7 Å². The Hall–Kier alpha value is -1.31. The number of rotatable bonds is 3. The quantitative estimate of drug-likeness (QED) is 0.726. The van der Waals surface area contributed by atoms with Crippen LogP contribution < -0.4 is 10.0 Å². The van der Waals surface area contributed by atoms with E-state index < -0.39 is 44.5 Å². The molecule has 2 aliphatic rings. The standard InChI is InChI=1S/C22H33FN2O3S/c1-20(2,3)28-19(26)17-16-14(8-7-9-15(16)23)18(25-29(27)21(4,5)6)22(17)10-12-24-13-11-22/h7-9,17-18,24-25H,10-13H2,1-6H3/t17?,18-,29-/m1/s1. The van der Waals surface area contributed by atoms with Crippen molar-refractivity contribution in [1.82, 2.24) is 10.0 Å². The molecule has 1 aromatic rings. The van der Waals surface area contributed by atoms with Crippen LogP contribution in [0.1, 0.15) is 77.5 Å². The molecule has 1 heterocycles. The van der Waals surface area contributed by atoms with Crippen LogP contribution in [0.25, 0.3) is 0 Å². The molecule has 1 aliphatic heterocycles. The first-order valence-electron chi connectivity index (χ1n) is 10.3. The molecule has 0 saturated carbocycles. The summed E-state index contributed by atoms with van der Waals surface area (Å²) in [6.07, 6.45) is 1.34. The van der Waals surface area contributed by atoms with E-state index in [0.29, 0.717) is 18.4 Å². The van der Waals surface area contributed by atoms with Crippen LogP contribution in [0.2, 0.25) is 0 Å². The summed E-state index contributed by atoms with van der Waals surface area (Å²) in [7, 11) is -1.36. The van der Waals surface area contributed by atoms with E-state index in [1.807, 2.05) is 47.6 Å². The van der Waals surface area contributed by atoms with Gasteiger partial charge in [0, 0.05) is 11.0 Å². The SMILES string of the molecule is CC(C)(C)OC(=O)C1c2c(F)cccc2[C@@H](N[S@](=O)C(C)(C)C)C12CCNCC2. The molecule has 0 bridgehead atoms. The molecule has 1 unspecified atom stereocenters. The maximum absolute atomic E-state index is 15.1. The van der Waals surface area contributed by atoms with Gasteiger partial charge in [0.2, 0.25) is 0 Å². The molecule has 1 aromatic carbocycles. The average Bonchev–Trinajstić information content (AvgIpc) is 2.84. The van der Waals surface area contributed by atoms with E-state index in [-0.39, 0.29) is 6.04 Å². The summed E-state index contributed by atoms with van der Waals surface area (Å²) in [5.41, 5.74) is -0.137. The molecule has 3 atom stereocenters. The number of nitrogens with one attached hydrogen (secondary N) is 2. The summed E-state index contributed by atoms with van der Waals surface area (Å²) >= 11 is 0. The first-order valence-corrected chi connectivity index (χ1v) is 11.4. The minimum Gasteiger partial charge on any atom is -0.459 e. The molecule has 0 aromatic heterocycles. The van der Waals surface area contributed by atoms with Crippen molar-refractivity contribution in [3.63, 3.8) is 0 Å². The van der Waals surface area contributed by atoms with Crippen LogP contribution in [0.5, 0.6) is 0 Å². The van der Waals surface area contributed by atoms with E-state index in [1.165, 1.54) is 6.07 Å². The third-order valence-electron chi connectivity index (χ3n) is 5.79. The second-order valence-electron chi connectivity index (χ2n) is 10.1. The number of carbonyl (C=O) groups excluding carboxylic acids is 1. The summed E-state index contributed by atoms with van der Waals surface area (Å²) in [6, 6.07) is 4.53. The van der Waals surface area contributed by atoms with E-state index in [4.69, 9.17) is 4.74 Å². The second-order valence-corrected chi connectivity index (χ2v) is 12.1. The zero-order chi connectivity index (χ0) is 21.6. The van der Waals surface area contributed by atoms with Crippen molar-refractivity contribution < 1.29 is 18.1 Å². The molecule has 3 rings (SSSR count). The van der Waals surface area contributed by atoms with Gasteiger partial charge in [-0.05, 0) is 79.1 Å². The topological polar surface area (TPSA) is 67.4 Å². The van der Waals surface area contributed by atoms with Gasteiger partial charge in [-0.2, -0.15) is 0 Å². The van der Waals surface area contributed by atoms with Gasteiger partial charge in [-0.25, -0.2) is 13.3 Å². The van der Waals surface area contributed by atoms with Crippen LogP contribution in [-0.2, 0) is 20.5 Å². The molecular formula is C22H33FN2O3S. The van der Waals surface area contributed by atoms with E-state index >= 15 is 4.39 Å². The van der Waals surface area contributed by atoms with Crippen LogP contribution in [0.4, 0.5) is 4.39 Å². The van der Waals surface area contributed by atoms with Crippen molar-refractivity contribution in [3.05, 3.63) is 35.1 Å². The predicted octanol–water partition coefficient (Wildman–Crippen LogP) is 3.73. The number of carbonyl (C=O) groups is 1. The molecular weight excluding hydrogens is 391 g/mol. The van der Waals surface area contributed by atoms with E-state index in [2.05, 4.69) is 10.0 Å². The van der Waals surface area contributed by atoms with Gasteiger partial charge in [-0.1, -0.05) is 12.1 Å². The lowest BCUT2D eigenvalue weighted by molar-refractivity contribution is -0.161. The molecule has 1 spiro atoms. The average molecular weight is 425 g/mol. The Bertz CT molecular complexity index is 807. The molecule has 1 fully saturated rings. The highest BCUT2D eigenvalue weighted by Gasteiger charge is 2.59. The van der Waals surface area contributed by atoms with E-state index in [1.54, 1.807) is 6.07 Å². The fraction of sp³-hybridized carbons (Fsp3) is 0.682. The van der Waals surface area contributed by atoms with Crippen molar-refractivity contribution in [2.75, 3.05) is 13.1 Å². The molecule has 2 N–H and O–H groups in total. The second kappa shape index (κ2) is 7.75. The first-order chi connectivity index (χ1) is 13.4. The number of hydrogen-bond donors (Lipinski definition) is 2. The monoisotopic (exact) mass is 424 g/mol. The Kier molecular flexibility index (Phi) is 5.98. The zero-order valence-corrected chi connectivity index (χ0v) is 19.0. The molecule has 0 radical (unpaired) electrons. The van der Waals surface area contributed by atoms with Crippen LogP contribution in [0.3, 0.4) is 0 Å². The Morgan fingerprint density at radius 3 is 2.38 bits per heavy atom. The van der Waals surface area contributed by atoms with Crippen LogP contribution in [0.15, 0.2) is 18.2 Å². The molecule has 7 heteroatoms. The largest absolute Gasteiger partial charge is 0.459 e. The van der Waals surface area contributed by atoms with Crippen LogP contribution >= 0.6 is 0 Å². The minimum atomic E-state index is -1.36. The lowest BCUT2D eigenvalue weighted by Crippen LogP contribution is -2.49. The Labute approximate surface area is 175 Å². The van der Waals surface area contributed by atoms with Gasteiger partial charge in [0.05, 0.1) is 27.7 Å². The van der Waals surface area contributed by atoms with Gasteiger partial charge in [-0.15, -0.1) is 0 Å². The van der Waals surface area contributed by atoms with Crippen molar-refractivity contribution >= 4 is 17.0 Å². The van der Waals surface area contributed by atoms with E-state index in [9.17, 15) is 9.00 Å². The van der Waals surface area contributed by atoms with Gasteiger partial charge in [0.1, 0.15) is 11.4 Å². The van der Waals surface area contributed by atoms with Crippen molar-refractivity contribution in [3.8, 4) is 0 Å². The number of hydrogen-bond acceptors (Lipinski definition) is 4. The first kappa shape index (κ1) is 22.4. The third-order valence-corrected chi connectivity index (χ3v) is 7.36. The smallest absolute Gasteiger partial charge is 0.314 e. The zero-order valence-electron chi connectivity index (χ0n) is 18.2. The lowest BCUT2D eigenvalue weighted by atomic mass is 9.67. The summed E-state index contributed by atoms with van der Waals surface area (Å²) < 4.78 is 36.7. The number of ether oxygens (including phenoxy) is 1. The molecule has 0 amide bonds. The highest BCUT2D eigenvalue weighted by atomic mass is 32.2. The summed E-state index contributed by atoms with van der Waals surface area (Å²) in [6.45, 7) is 12.6. The number of esters is 1. The normalized spacial score (nSPS) is 24.9. The molecule has 1 aliphatic carbocycles. The van der Waals surface area contributed by atoms with Gasteiger partial charge in [0.25, 0.3) is 0 Å². The Morgan fingerprint density at radius 1 is 1.21 bits per heavy atom. The number of piperidine rings is 1. The molecule has 5 nitrogen and oxygen atoms in total. The van der Waals surface area contributed by atoms with Crippen molar-refractivity contribution in [2.45, 2.75) is 76.7 Å². The van der Waals surface area contributed by atoms with Crippen LogP contribution in [0, 0.1) is 11.2 Å². The number of halogens is 1. The molecule has 1 saturated heterocycles. The van der Waals surface area contributed by atoms with Gasteiger partial charge in [-0.3, -0.25) is 4.79 Å². The van der Waals surface area contributed by atoms with Gasteiger partial charge < -0.3 is 10.1 Å². The summed E-state index contributed by atoms with van der Waals surface area (Å²) in [5, 5.41) is 3.34. The van der Waals surface area contributed by atoms with Crippen LogP contribution in [-0.4, -0.2) is 33.6 Å². The summed E-state index contributed by atoms with van der Waals surface area (Å²) in [5.74, 6) is -1.53. The number of benzene rings is 1. The predicted molar refractivity (Wildman–Crippen MR) is 113 cm³/mol. The summed E-state index contributed by atoms with van der Waals surface area (Å²) in [4.78, 5) is 13.4. The minimum absolute atomic E-state index is 0.382. The van der Waals surface area contributed by atoms with Crippen molar-refractivity contribution in [1.29, 1.82) is 0 Å². The maximum Gasteiger partial charge on any atom is 0.314 e. The fourth-order valence-electron chi connectivity index (χ4n) is 4.52. The lowest BCUT2D eigenvalue weighted by Gasteiger charge is -2.44. The van der Waals surface area contributed by atoms with Gasteiger partial charge >= 0.3 is 5.97 Å². The number of fused-ring (bicyclic) bond motifs is 1. The van der Waals surface area contributed by atoms with Gasteiger partial charge in [0.15, 0.2) is 0 Å². The third kappa shape index (κ3) is 4.28. The van der Waals surface area contributed by atoms with Crippen molar-refractivity contribution in [2.24, 2.45) is 5.41 Å².